The number of ether oxygens (including phenoxy) is 2. The van der Waals surface area contributed by atoms with Crippen molar-refractivity contribution in [2.45, 2.75) is 36.1 Å². The molecule has 148 valence electrons. The first-order chi connectivity index (χ1) is 12.2. The number of hydrogen-bond acceptors (Lipinski definition) is 6. The van der Waals surface area contributed by atoms with E-state index in [1.807, 2.05) is 0 Å². The average molecular weight is 417 g/mol. The number of nitrogens with one attached hydrogen (secondary N) is 1. The molecule has 2 N–H and O–H groups in total. The van der Waals surface area contributed by atoms with Crippen LogP contribution in [0.5, 0.6) is 11.5 Å². The minimum atomic E-state index is -1.05. The molecule has 3 atom stereocenters. The second-order valence-electron chi connectivity index (χ2n) is 6.59. The Balaban J connectivity index is 0.00000261. The van der Waals surface area contributed by atoms with Crippen molar-refractivity contribution in [1.29, 1.82) is 0 Å². The fourth-order valence-electron chi connectivity index (χ4n) is 3.43. The number of benzene rings is 1. The zero-order valence-electron chi connectivity index (χ0n) is 15.2. The van der Waals surface area contributed by atoms with Gasteiger partial charge in [-0.3, -0.25) is 9.59 Å². The number of amides is 2. The lowest BCUT2D eigenvalue weighted by atomic mass is 9.96. The van der Waals surface area contributed by atoms with Gasteiger partial charge in [0.15, 0.2) is 0 Å². The maximum atomic E-state index is 12.8. The van der Waals surface area contributed by atoms with Gasteiger partial charge in [0.25, 0.3) is 5.91 Å². The van der Waals surface area contributed by atoms with E-state index < -0.39 is 40.0 Å². The molecule has 2 heterocycles. The van der Waals surface area contributed by atoms with Crippen LogP contribution in [0.4, 0.5) is 0 Å². The van der Waals surface area contributed by atoms with Crippen LogP contribution < -0.4 is 14.8 Å². The zero-order chi connectivity index (χ0) is 19.2. The molecule has 2 saturated heterocycles. The highest BCUT2D eigenvalue weighted by atomic mass is 35.5. The summed E-state index contributed by atoms with van der Waals surface area (Å²) in [5.74, 6) is -1.30. The number of carbonyl (C=O) groups excluding carboxylic acids is 2. The van der Waals surface area contributed by atoms with E-state index in [2.05, 4.69) is 5.32 Å². The van der Waals surface area contributed by atoms with Gasteiger partial charge in [0.1, 0.15) is 34.5 Å². The lowest BCUT2D eigenvalue weighted by molar-refractivity contribution is -0.159. The first-order valence-electron chi connectivity index (χ1n) is 7.97. The lowest BCUT2D eigenvalue weighted by Gasteiger charge is -2.43. The molecule has 2 aliphatic rings. The van der Waals surface area contributed by atoms with E-state index >= 15 is 0 Å². The Morgan fingerprint density at radius 3 is 2.26 bits per heavy atom. The summed E-state index contributed by atoms with van der Waals surface area (Å²) in [5.41, 5.74) is 0.195. The van der Waals surface area contributed by atoms with Crippen molar-refractivity contribution in [3.63, 3.8) is 0 Å². The normalized spacial score (nSPS) is 25.0. The van der Waals surface area contributed by atoms with Crippen LogP contribution in [0, 0.1) is 0 Å². The summed E-state index contributed by atoms with van der Waals surface area (Å²) in [6, 6.07) is 3.24. The van der Waals surface area contributed by atoms with Gasteiger partial charge in [-0.2, -0.15) is 0 Å². The predicted octanol–water partition coefficient (Wildman–Crippen LogP) is 1.37. The smallest absolute Gasteiger partial charge is 0.327 e. The SMILES string of the molecule is COc1cccc(OC)c1C(=O)N[C@@H]1C(=O)N2[C@@H]1SC(C)(C)[C@@H]2C(=O)O.Cl. The summed E-state index contributed by atoms with van der Waals surface area (Å²) >= 11 is 1.37. The molecule has 10 heteroatoms. The molecule has 2 fully saturated rings. The largest absolute Gasteiger partial charge is 0.496 e. The first-order valence-corrected chi connectivity index (χ1v) is 8.85. The summed E-state index contributed by atoms with van der Waals surface area (Å²) in [6.07, 6.45) is 0. The number of rotatable bonds is 5. The maximum Gasteiger partial charge on any atom is 0.327 e. The van der Waals surface area contributed by atoms with Gasteiger partial charge < -0.3 is 24.8 Å². The number of nitrogens with zero attached hydrogens (tertiary/aromatic N) is 1. The van der Waals surface area contributed by atoms with Gasteiger partial charge >= 0.3 is 5.97 Å². The minimum absolute atomic E-state index is 0. The molecule has 0 saturated carbocycles. The van der Waals surface area contributed by atoms with Gasteiger partial charge in [-0.1, -0.05) is 6.07 Å². The van der Waals surface area contributed by atoms with Crippen LogP contribution in [0.1, 0.15) is 24.2 Å². The molecule has 0 unspecified atom stereocenters. The highest BCUT2D eigenvalue weighted by Crippen LogP contribution is 2.50. The van der Waals surface area contributed by atoms with Gasteiger partial charge in [-0.15, -0.1) is 24.2 Å². The predicted molar refractivity (Wildman–Crippen MR) is 102 cm³/mol. The number of hydrogen-bond donors (Lipinski definition) is 2. The van der Waals surface area contributed by atoms with E-state index in [9.17, 15) is 19.5 Å². The van der Waals surface area contributed by atoms with Crippen molar-refractivity contribution < 1.29 is 29.0 Å². The summed E-state index contributed by atoms with van der Waals surface area (Å²) in [7, 11) is 2.88. The summed E-state index contributed by atoms with van der Waals surface area (Å²) < 4.78 is 9.79. The van der Waals surface area contributed by atoms with E-state index in [0.717, 1.165) is 0 Å². The highest BCUT2D eigenvalue weighted by Gasteiger charge is 2.64. The molecule has 0 aliphatic carbocycles. The van der Waals surface area contributed by atoms with Crippen LogP contribution in [-0.2, 0) is 9.59 Å². The number of halogens is 1. The number of carboxylic acids is 1. The third-order valence-electron chi connectivity index (χ3n) is 4.62. The Labute approximate surface area is 167 Å². The molecule has 2 aliphatic heterocycles. The van der Waals surface area contributed by atoms with E-state index in [0.29, 0.717) is 11.5 Å². The van der Waals surface area contributed by atoms with E-state index in [1.54, 1.807) is 32.0 Å². The van der Waals surface area contributed by atoms with Crippen LogP contribution in [0.25, 0.3) is 0 Å². The highest BCUT2D eigenvalue weighted by molar-refractivity contribution is 8.01. The molecule has 2 amide bonds. The molecule has 0 radical (unpaired) electrons. The van der Waals surface area contributed by atoms with Crippen molar-refractivity contribution in [2.24, 2.45) is 0 Å². The zero-order valence-corrected chi connectivity index (χ0v) is 16.8. The molecule has 0 spiro atoms. The fourth-order valence-corrected chi connectivity index (χ4v) is 5.06. The number of carbonyl (C=O) groups is 3. The molecule has 0 bridgehead atoms. The standard InChI is InChI=1S/C17H20N2O6S.ClH/c1-17(2)12(16(22)23)19-14(21)11(15(19)26-17)18-13(20)10-8(24-3)6-5-7-9(10)25-4;/h5-7,11-12,15H,1-4H3,(H,18,20)(H,22,23);1H/t11-,12+,15-;/m1./s1. The third kappa shape index (κ3) is 3.29. The molecule has 27 heavy (non-hydrogen) atoms. The molecule has 1 aromatic carbocycles. The van der Waals surface area contributed by atoms with Gasteiger partial charge in [-0.05, 0) is 26.0 Å². The molecular formula is C17H21ClN2O6S. The van der Waals surface area contributed by atoms with Crippen molar-refractivity contribution >= 4 is 42.0 Å². The van der Waals surface area contributed by atoms with Gasteiger partial charge in [0, 0.05) is 4.75 Å². The lowest BCUT2D eigenvalue weighted by Crippen LogP contribution is -2.70. The second kappa shape index (κ2) is 7.47. The second-order valence-corrected chi connectivity index (χ2v) is 8.36. The molecule has 8 nitrogen and oxygen atoms in total. The van der Waals surface area contributed by atoms with Crippen LogP contribution in [0.2, 0.25) is 0 Å². The summed E-state index contributed by atoms with van der Waals surface area (Å²) in [4.78, 5) is 38.1. The molecular weight excluding hydrogens is 396 g/mol. The number of aliphatic carboxylic acids is 1. The molecule has 3 rings (SSSR count). The number of fused-ring (bicyclic) bond motifs is 1. The van der Waals surface area contributed by atoms with Crippen LogP contribution in [0.15, 0.2) is 18.2 Å². The van der Waals surface area contributed by atoms with E-state index in [1.165, 1.54) is 30.9 Å². The Hall–Kier alpha value is -2.13. The van der Waals surface area contributed by atoms with Crippen molar-refractivity contribution in [1.82, 2.24) is 10.2 Å². The van der Waals surface area contributed by atoms with E-state index in [4.69, 9.17) is 9.47 Å². The van der Waals surface area contributed by atoms with Gasteiger partial charge in [0.2, 0.25) is 5.91 Å². The quantitative estimate of drug-likeness (QED) is 0.698. The Morgan fingerprint density at radius 2 is 1.78 bits per heavy atom. The van der Waals surface area contributed by atoms with Crippen molar-refractivity contribution in [2.75, 3.05) is 14.2 Å². The Kier molecular flexibility index (Phi) is 5.86. The molecule has 1 aromatic rings. The number of carboxylic acid groups (broad SMARTS) is 1. The van der Waals surface area contributed by atoms with Crippen LogP contribution >= 0.6 is 24.2 Å². The fraction of sp³-hybridized carbons (Fsp3) is 0.471. The Bertz CT molecular complexity index is 764. The monoisotopic (exact) mass is 416 g/mol. The third-order valence-corrected chi connectivity index (χ3v) is 6.19. The number of thioether (sulfide) groups is 1. The van der Waals surface area contributed by atoms with Crippen molar-refractivity contribution in [3.05, 3.63) is 23.8 Å². The summed E-state index contributed by atoms with van der Waals surface area (Å²) in [6.45, 7) is 3.56. The van der Waals surface area contributed by atoms with Crippen LogP contribution in [0.3, 0.4) is 0 Å². The van der Waals surface area contributed by atoms with Gasteiger partial charge in [0.05, 0.1) is 14.2 Å². The maximum absolute atomic E-state index is 12.8. The topological polar surface area (TPSA) is 105 Å². The number of methoxy groups -OCH3 is 2. The minimum Gasteiger partial charge on any atom is -0.496 e. The molecule has 0 aromatic heterocycles. The average Bonchev–Trinajstić information content (AvgIpc) is 2.86. The van der Waals surface area contributed by atoms with Crippen molar-refractivity contribution in [3.8, 4) is 11.5 Å². The van der Waals surface area contributed by atoms with Gasteiger partial charge in [-0.25, -0.2) is 4.79 Å². The number of β-lactam (4-membered cyclic amide) rings is 1. The first kappa shape index (κ1) is 21.2. The van der Waals surface area contributed by atoms with E-state index in [-0.39, 0.29) is 18.0 Å². The summed E-state index contributed by atoms with van der Waals surface area (Å²) in [5, 5.41) is 11.7. The van der Waals surface area contributed by atoms with Crippen LogP contribution in [-0.4, -0.2) is 64.2 Å². The Morgan fingerprint density at radius 1 is 1.22 bits per heavy atom.